The molecule has 0 spiro atoms. The summed E-state index contributed by atoms with van der Waals surface area (Å²) in [5.74, 6) is 2.63. The summed E-state index contributed by atoms with van der Waals surface area (Å²) in [5, 5.41) is 9.13. The molecule has 2 heterocycles. The number of benzene rings is 1. The van der Waals surface area contributed by atoms with Gasteiger partial charge in [0, 0.05) is 20.1 Å². The van der Waals surface area contributed by atoms with Crippen molar-refractivity contribution in [3.8, 4) is 11.5 Å². The van der Waals surface area contributed by atoms with E-state index >= 15 is 0 Å². The molecule has 1 saturated heterocycles. The Kier molecular flexibility index (Phi) is 6.57. The predicted molar refractivity (Wildman–Crippen MR) is 101 cm³/mol. The summed E-state index contributed by atoms with van der Waals surface area (Å²) in [7, 11) is 3.51. The molecular weight excluding hydrogens is 368 g/mol. The molecule has 1 aromatic carbocycles. The Balaban J connectivity index is 1.57. The van der Waals surface area contributed by atoms with Crippen LogP contribution in [0.4, 0.5) is 0 Å². The average Bonchev–Trinajstić information content (AvgIpc) is 3.08. The molecule has 1 atom stereocenters. The molecule has 1 amide bonds. The Morgan fingerprint density at radius 3 is 2.56 bits per heavy atom. The average molecular weight is 392 g/mol. The molecule has 3 rings (SSSR count). The van der Waals surface area contributed by atoms with Crippen LogP contribution in [0.25, 0.3) is 0 Å². The Bertz CT molecular complexity index is 759. The lowest BCUT2D eigenvalue weighted by molar-refractivity contribution is -0.132. The van der Waals surface area contributed by atoms with Gasteiger partial charge in [0.1, 0.15) is 11.5 Å². The summed E-state index contributed by atoms with van der Waals surface area (Å²) in [6, 6.07) is 7.39. The molecule has 0 radical (unpaired) electrons. The van der Waals surface area contributed by atoms with Gasteiger partial charge in [-0.25, -0.2) is 0 Å². The number of thioether (sulfide) groups is 1. The highest BCUT2D eigenvalue weighted by Gasteiger charge is 2.20. The number of hydrogen-bond acceptors (Lipinski definition) is 7. The molecular formula is C18H24N4O4S. The Labute approximate surface area is 162 Å². The van der Waals surface area contributed by atoms with Crippen molar-refractivity contribution in [3.63, 3.8) is 0 Å². The Morgan fingerprint density at radius 2 is 1.89 bits per heavy atom. The highest BCUT2D eigenvalue weighted by molar-refractivity contribution is 7.99. The van der Waals surface area contributed by atoms with Crippen LogP contribution >= 0.6 is 11.8 Å². The van der Waals surface area contributed by atoms with Gasteiger partial charge in [0.05, 0.1) is 26.1 Å². The van der Waals surface area contributed by atoms with Gasteiger partial charge in [-0.3, -0.25) is 4.79 Å². The van der Waals surface area contributed by atoms with E-state index in [1.807, 2.05) is 47.7 Å². The summed E-state index contributed by atoms with van der Waals surface area (Å²) in [6.07, 6.45) is -0.278. The number of methoxy groups -OCH3 is 1. The van der Waals surface area contributed by atoms with Crippen LogP contribution in [-0.4, -0.2) is 64.7 Å². The molecule has 1 aromatic heterocycles. The van der Waals surface area contributed by atoms with E-state index < -0.39 is 0 Å². The second-order valence-electron chi connectivity index (χ2n) is 6.12. The van der Waals surface area contributed by atoms with Gasteiger partial charge in [0.25, 0.3) is 0 Å². The summed E-state index contributed by atoms with van der Waals surface area (Å²) in [5.41, 5.74) is 0. The van der Waals surface area contributed by atoms with Crippen LogP contribution in [0.3, 0.4) is 0 Å². The van der Waals surface area contributed by atoms with E-state index in [0.717, 1.165) is 11.5 Å². The largest absolute Gasteiger partial charge is 0.497 e. The first kappa shape index (κ1) is 19.5. The van der Waals surface area contributed by atoms with Crippen molar-refractivity contribution in [2.24, 2.45) is 7.05 Å². The molecule has 8 nitrogen and oxygen atoms in total. The third-order valence-electron chi connectivity index (χ3n) is 4.29. The smallest absolute Gasteiger partial charge is 0.233 e. The molecule has 0 N–H and O–H groups in total. The number of morpholine rings is 1. The molecule has 1 unspecified atom stereocenters. The summed E-state index contributed by atoms with van der Waals surface area (Å²) < 4.78 is 18.2. The summed E-state index contributed by atoms with van der Waals surface area (Å²) in [6.45, 7) is 4.42. The number of hydrogen-bond donors (Lipinski definition) is 0. The number of carbonyl (C=O) groups is 1. The number of nitrogens with zero attached hydrogens (tertiary/aromatic N) is 4. The van der Waals surface area contributed by atoms with Gasteiger partial charge in [-0.1, -0.05) is 11.8 Å². The minimum atomic E-state index is -0.278. The minimum Gasteiger partial charge on any atom is -0.497 e. The van der Waals surface area contributed by atoms with Gasteiger partial charge in [0.2, 0.25) is 5.91 Å². The lowest BCUT2D eigenvalue weighted by Gasteiger charge is -2.26. The van der Waals surface area contributed by atoms with E-state index in [0.29, 0.717) is 43.0 Å². The van der Waals surface area contributed by atoms with Crippen LogP contribution < -0.4 is 9.47 Å². The van der Waals surface area contributed by atoms with Gasteiger partial charge in [-0.05, 0) is 31.2 Å². The SMILES string of the molecule is COc1ccc(OC(C)c2nnc(SCC(=O)N3CCOCC3)n2C)cc1. The van der Waals surface area contributed by atoms with Gasteiger partial charge in [-0.2, -0.15) is 0 Å². The van der Waals surface area contributed by atoms with E-state index in [-0.39, 0.29) is 12.0 Å². The molecule has 27 heavy (non-hydrogen) atoms. The van der Waals surface area contributed by atoms with Crippen LogP contribution in [-0.2, 0) is 16.6 Å². The van der Waals surface area contributed by atoms with Crippen molar-refractivity contribution in [2.45, 2.75) is 18.2 Å². The fourth-order valence-electron chi connectivity index (χ4n) is 2.75. The molecule has 1 aliphatic rings. The number of aromatic nitrogens is 3. The maximum atomic E-state index is 12.3. The van der Waals surface area contributed by atoms with E-state index in [4.69, 9.17) is 14.2 Å². The van der Waals surface area contributed by atoms with E-state index in [2.05, 4.69) is 10.2 Å². The van der Waals surface area contributed by atoms with Gasteiger partial charge in [0.15, 0.2) is 17.1 Å². The molecule has 1 fully saturated rings. The van der Waals surface area contributed by atoms with Crippen molar-refractivity contribution in [2.75, 3.05) is 39.2 Å². The second-order valence-corrected chi connectivity index (χ2v) is 7.06. The van der Waals surface area contributed by atoms with Crippen molar-refractivity contribution in [1.82, 2.24) is 19.7 Å². The first-order chi connectivity index (χ1) is 13.1. The summed E-state index contributed by atoms with van der Waals surface area (Å²) in [4.78, 5) is 14.1. The van der Waals surface area contributed by atoms with Gasteiger partial charge in [-0.15, -0.1) is 10.2 Å². The normalized spacial score (nSPS) is 15.4. The standard InChI is InChI=1S/C18H24N4O4S/c1-13(26-15-6-4-14(24-3)5-7-15)17-19-20-18(21(17)2)27-12-16(23)22-8-10-25-11-9-22/h4-7,13H,8-12H2,1-3H3. The topological polar surface area (TPSA) is 78.7 Å². The Hall–Kier alpha value is -2.26. The first-order valence-corrected chi connectivity index (χ1v) is 9.75. The zero-order chi connectivity index (χ0) is 19.2. The van der Waals surface area contributed by atoms with Crippen LogP contribution in [0.15, 0.2) is 29.4 Å². The lowest BCUT2D eigenvalue weighted by atomic mass is 10.3. The number of ether oxygens (including phenoxy) is 3. The van der Waals surface area contributed by atoms with Crippen LogP contribution in [0, 0.1) is 0 Å². The van der Waals surface area contributed by atoms with Crippen molar-refractivity contribution >= 4 is 17.7 Å². The maximum absolute atomic E-state index is 12.3. The van der Waals surface area contributed by atoms with E-state index in [1.54, 1.807) is 7.11 Å². The highest BCUT2D eigenvalue weighted by Crippen LogP contribution is 2.25. The first-order valence-electron chi connectivity index (χ1n) is 8.77. The van der Waals surface area contributed by atoms with Crippen LogP contribution in [0.1, 0.15) is 18.9 Å². The van der Waals surface area contributed by atoms with E-state index in [9.17, 15) is 4.79 Å². The van der Waals surface area contributed by atoms with Crippen molar-refractivity contribution < 1.29 is 19.0 Å². The van der Waals surface area contributed by atoms with Crippen LogP contribution in [0.5, 0.6) is 11.5 Å². The van der Waals surface area contributed by atoms with Crippen molar-refractivity contribution in [3.05, 3.63) is 30.1 Å². The van der Waals surface area contributed by atoms with E-state index in [1.165, 1.54) is 11.8 Å². The van der Waals surface area contributed by atoms with Gasteiger partial charge < -0.3 is 23.7 Å². The zero-order valence-electron chi connectivity index (χ0n) is 15.8. The highest BCUT2D eigenvalue weighted by atomic mass is 32.2. The molecule has 1 aliphatic heterocycles. The lowest BCUT2D eigenvalue weighted by Crippen LogP contribution is -2.41. The molecule has 146 valence electrons. The predicted octanol–water partition coefficient (Wildman–Crippen LogP) is 1.91. The quantitative estimate of drug-likeness (QED) is 0.666. The van der Waals surface area contributed by atoms with Crippen molar-refractivity contribution in [1.29, 1.82) is 0 Å². The molecule has 0 aliphatic carbocycles. The third kappa shape index (κ3) is 4.92. The maximum Gasteiger partial charge on any atom is 0.233 e. The summed E-state index contributed by atoms with van der Waals surface area (Å²) >= 11 is 1.38. The monoisotopic (exact) mass is 392 g/mol. The molecule has 0 saturated carbocycles. The Morgan fingerprint density at radius 1 is 1.22 bits per heavy atom. The second kappa shape index (κ2) is 9.09. The fraction of sp³-hybridized carbons (Fsp3) is 0.500. The molecule has 0 bridgehead atoms. The van der Waals surface area contributed by atoms with Crippen LogP contribution in [0.2, 0.25) is 0 Å². The molecule has 2 aromatic rings. The minimum absolute atomic E-state index is 0.0929. The number of amides is 1. The fourth-order valence-corrected chi connectivity index (χ4v) is 3.57. The number of carbonyl (C=O) groups excluding carboxylic acids is 1. The number of rotatable bonds is 7. The van der Waals surface area contributed by atoms with Gasteiger partial charge >= 0.3 is 0 Å². The third-order valence-corrected chi connectivity index (χ3v) is 5.30. The molecule has 9 heteroatoms. The zero-order valence-corrected chi connectivity index (χ0v) is 16.6.